The summed E-state index contributed by atoms with van der Waals surface area (Å²) in [6, 6.07) is 10.8. The van der Waals surface area contributed by atoms with Crippen LogP contribution in [0.4, 0.5) is 10.5 Å². The molecule has 0 spiro atoms. The Hall–Kier alpha value is -2.76. The molecule has 1 aromatic carbocycles. The zero-order chi connectivity index (χ0) is 18.5. The third-order valence-corrected chi connectivity index (χ3v) is 4.66. The van der Waals surface area contributed by atoms with Crippen LogP contribution in [0.15, 0.2) is 40.8 Å². The number of benzene rings is 1. The Labute approximate surface area is 153 Å². The Morgan fingerprint density at radius 1 is 1.23 bits per heavy atom. The highest BCUT2D eigenvalue weighted by molar-refractivity contribution is 5.93. The molecule has 6 heteroatoms. The number of rotatable bonds is 6. The molecule has 6 nitrogen and oxygen atoms in total. The van der Waals surface area contributed by atoms with Crippen LogP contribution in [0.3, 0.4) is 0 Å². The molecule has 2 aromatic rings. The van der Waals surface area contributed by atoms with Gasteiger partial charge in [-0.2, -0.15) is 0 Å². The Morgan fingerprint density at radius 3 is 2.69 bits per heavy atom. The number of carbonyl (C=O) groups is 2. The topological polar surface area (TPSA) is 83.4 Å². The lowest BCUT2D eigenvalue weighted by Gasteiger charge is -2.24. The van der Waals surface area contributed by atoms with Gasteiger partial charge in [-0.25, -0.2) is 4.79 Å². The van der Waals surface area contributed by atoms with Gasteiger partial charge in [-0.15, -0.1) is 0 Å². The van der Waals surface area contributed by atoms with Gasteiger partial charge in [-0.3, -0.25) is 4.79 Å². The van der Waals surface area contributed by atoms with Gasteiger partial charge in [-0.1, -0.05) is 18.6 Å². The molecule has 1 atom stereocenters. The number of furan rings is 1. The van der Waals surface area contributed by atoms with Crippen molar-refractivity contribution in [3.05, 3.63) is 53.5 Å². The first kappa shape index (κ1) is 18.0. The third-order valence-electron chi connectivity index (χ3n) is 4.66. The maximum Gasteiger partial charge on any atom is 0.315 e. The Morgan fingerprint density at radius 2 is 2.04 bits per heavy atom. The molecule has 3 amide bonds. The average molecular weight is 355 g/mol. The number of hydrogen-bond donors (Lipinski definition) is 3. The largest absolute Gasteiger partial charge is 0.464 e. The molecule has 1 aliphatic rings. The number of urea groups is 1. The molecule has 3 rings (SSSR count). The van der Waals surface area contributed by atoms with Crippen molar-refractivity contribution >= 4 is 17.6 Å². The van der Waals surface area contributed by atoms with Crippen LogP contribution in [0.5, 0.6) is 0 Å². The van der Waals surface area contributed by atoms with E-state index in [0.29, 0.717) is 6.54 Å². The van der Waals surface area contributed by atoms with E-state index < -0.39 is 0 Å². The SMILES string of the molecule is Cc1ccc(C(C)NC(=O)NCc2cccc(NC(=O)C3CCC3)c2)o1. The summed E-state index contributed by atoms with van der Waals surface area (Å²) in [6.07, 6.45) is 3.08. The van der Waals surface area contributed by atoms with E-state index in [4.69, 9.17) is 4.42 Å². The molecule has 0 bridgehead atoms. The lowest BCUT2D eigenvalue weighted by atomic mass is 9.85. The second-order valence-electron chi connectivity index (χ2n) is 6.81. The van der Waals surface area contributed by atoms with Crippen molar-refractivity contribution in [1.29, 1.82) is 0 Å². The van der Waals surface area contributed by atoms with E-state index in [1.807, 2.05) is 50.2 Å². The fourth-order valence-corrected chi connectivity index (χ4v) is 2.86. The summed E-state index contributed by atoms with van der Waals surface area (Å²) < 4.78 is 5.51. The van der Waals surface area contributed by atoms with Crippen molar-refractivity contribution in [3.8, 4) is 0 Å². The molecule has 1 aliphatic carbocycles. The fourth-order valence-electron chi connectivity index (χ4n) is 2.86. The van der Waals surface area contributed by atoms with Crippen LogP contribution in [0.25, 0.3) is 0 Å². The smallest absolute Gasteiger partial charge is 0.315 e. The summed E-state index contributed by atoms with van der Waals surface area (Å²) in [5, 5.41) is 8.62. The Kier molecular flexibility index (Phi) is 5.61. The number of amides is 3. The average Bonchev–Trinajstić information content (AvgIpc) is 2.98. The van der Waals surface area contributed by atoms with E-state index in [-0.39, 0.29) is 23.9 Å². The van der Waals surface area contributed by atoms with Gasteiger partial charge in [0, 0.05) is 18.2 Å². The van der Waals surface area contributed by atoms with Gasteiger partial charge >= 0.3 is 6.03 Å². The van der Waals surface area contributed by atoms with E-state index in [1.54, 1.807) is 0 Å². The number of carbonyl (C=O) groups excluding carboxylic acids is 2. The Bertz CT molecular complexity index is 780. The van der Waals surface area contributed by atoms with Crippen LogP contribution >= 0.6 is 0 Å². The zero-order valence-electron chi connectivity index (χ0n) is 15.2. The molecule has 3 N–H and O–H groups in total. The van der Waals surface area contributed by atoms with E-state index in [0.717, 1.165) is 42.0 Å². The van der Waals surface area contributed by atoms with Crippen LogP contribution in [-0.2, 0) is 11.3 Å². The van der Waals surface area contributed by atoms with Crippen molar-refractivity contribution in [3.63, 3.8) is 0 Å². The maximum atomic E-state index is 12.1. The molecule has 0 aliphatic heterocycles. The van der Waals surface area contributed by atoms with Gasteiger partial charge in [0.05, 0.1) is 6.04 Å². The summed E-state index contributed by atoms with van der Waals surface area (Å²) in [7, 11) is 0. The molecule has 1 saturated carbocycles. The minimum Gasteiger partial charge on any atom is -0.464 e. The first-order valence-electron chi connectivity index (χ1n) is 9.02. The molecule has 1 unspecified atom stereocenters. The first-order chi connectivity index (χ1) is 12.5. The minimum absolute atomic E-state index is 0.0849. The van der Waals surface area contributed by atoms with Gasteiger partial charge in [0.25, 0.3) is 0 Å². The minimum atomic E-state index is -0.268. The van der Waals surface area contributed by atoms with E-state index >= 15 is 0 Å². The summed E-state index contributed by atoms with van der Waals surface area (Å²) in [5.74, 6) is 1.77. The molecule has 0 saturated heterocycles. The second kappa shape index (κ2) is 8.08. The molecule has 1 aromatic heterocycles. The highest BCUT2D eigenvalue weighted by Gasteiger charge is 2.25. The zero-order valence-corrected chi connectivity index (χ0v) is 15.2. The molecule has 1 fully saturated rings. The lowest BCUT2D eigenvalue weighted by Crippen LogP contribution is -2.36. The fraction of sp³-hybridized carbons (Fsp3) is 0.400. The number of aryl methyl sites for hydroxylation is 1. The van der Waals surface area contributed by atoms with Gasteiger partial charge in [0.2, 0.25) is 5.91 Å². The Balaban J connectivity index is 1.48. The predicted molar refractivity (Wildman–Crippen MR) is 99.6 cm³/mol. The lowest BCUT2D eigenvalue weighted by molar-refractivity contribution is -0.122. The van der Waals surface area contributed by atoms with Crippen LogP contribution in [0, 0.1) is 12.8 Å². The van der Waals surface area contributed by atoms with Crippen LogP contribution in [-0.4, -0.2) is 11.9 Å². The highest BCUT2D eigenvalue weighted by Crippen LogP contribution is 2.27. The summed E-state index contributed by atoms with van der Waals surface area (Å²) in [4.78, 5) is 24.1. The number of hydrogen-bond acceptors (Lipinski definition) is 3. The molecule has 26 heavy (non-hydrogen) atoms. The highest BCUT2D eigenvalue weighted by atomic mass is 16.3. The number of anilines is 1. The van der Waals surface area contributed by atoms with Crippen LogP contribution in [0.1, 0.15) is 49.3 Å². The van der Waals surface area contributed by atoms with Crippen LogP contribution in [0.2, 0.25) is 0 Å². The summed E-state index contributed by atoms with van der Waals surface area (Å²) in [5.41, 5.74) is 1.69. The van der Waals surface area contributed by atoms with Crippen molar-refractivity contribution in [2.75, 3.05) is 5.32 Å². The van der Waals surface area contributed by atoms with E-state index in [2.05, 4.69) is 16.0 Å². The third kappa shape index (κ3) is 4.65. The predicted octanol–water partition coefficient (Wildman–Crippen LogP) is 3.89. The monoisotopic (exact) mass is 355 g/mol. The number of nitrogens with one attached hydrogen (secondary N) is 3. The molecular weight excluding hydrogens is 330 g/mol. The van der Waals surface area contributed by atoms with Crippen molar-refractivity contribution < 1.29 is 14.0 Å². The van der Waals surface area contributed by atoms with Gasteiger partial charge in [0.15, 0.2) is 0 Å². The normalized spacial score (nSPS) is 15.0. The standard InChI is InChI=1S/C20H25N3O3/c1-13-9-10-18(26-13)14(2)22-20(25)21-12-15-5-3-8-17(11-15)23-19(24)16-6-4-7-16/h3,5,8-11,14,16H,4,6-7,12H2,1-2H3,(H,23,24)(H2,21,22,25). The van der Waals surface area contributed by atoms with Crippen molar-refractivity contribution in [2.24, 2.45) is 5.92 Å². The molecule has 0 radical (unpaired) electrons. The maximum absolute atomic E-state index is 12.1. The van der Waals surface area contributed by atoms with Crippen molar-refractivity contribution in [2.45, 2.75) is 45.7 Å². The second-order valence-corrected chi connectivity index (χ2v) is 6.81. The van der Waals surface area contributed by atoms with Crippen molar-refractivity contribution in [1.82, 2.24) is 10.6 Å². The summed E-state index contributed by atoms with van der Waals surface area (Å²) >= 11 is 0. The first-order valence-corrected chi connectivity index (χ1v) is 9.02. The van der Waals surface area contributed by atoms with E-state index in [9.17, 15) is 9.59 Å². The van der Waals surface area contributed by atoms with Gasteiger partial charge in [-0.05, 0) is 56.5 Å². The van der Waals surface area contributed by atoms with Gasteiger partial charge in [0.1, 0.15) is 11.5 Å². The van der Waals surface area contributed by atoms with Gasteiger partial charge < -0.3 is 20.4 Å². The van der Waals surface area contributed by atoms with E-state index in [1.165, 1.54) is 0 Å². The molecular formula is C20H25N3O3. The van der Waals surface area contributed by atoms with Crippen LogP contribution < -0.4 is 16.0 Å². The quantitative estimate of drug-likeness (QED) is 0.735. The molecule has 1 heterocycles. The molecule has 138 valence electrons. The summed E-state index contributed by atoms with van der Waals surface area (Å²) in [6.45, 7) is 4.12.